The van der Waals surface area contributed by atoms with Crippen LogP contribution in [0, 0.1) is 5.82 Å². The van der Waals surface area contributed by atoms with Crippen LogP contribution in [0.2, 0.25) is 5.02 Å². The first-order valence-corrected chi connectivity index (χ1v) is 5.97. The molecule has 1 unspecified atom stereocenters. The quantitative estimate of drug-likeness (QED) is 0.863. The molecule has 17 heavy (non-hydrogen) atoms. The van der Waals surface area contributed by atoms with Crippen LogP contribution in [0.3, 0.4) is 0 Å². The van der Waals surface area contributed by atoms with Crippen LogP contribution < -0.4 is 10.6 Å². The van der Waals surface area contributed by atoms with E-state index in [1.165, 1.54) is 12.1 Å². The summed E-state index contributed by atoms with van der Waals surface area (Å²) in [6, 6.07) is 4.48. The van der Waals surface area contributed by atoms with E-state index in [0.717, 1.165) is 12.0 Å². The molecule has 3 nitrogen and oxygen atoms in total. The second-order valence-corrected chi connectivity index (χ2v) is 4.58. The Morgan fingerprint density at radius 2 is 2.35 bits per heavy atom. The SMILES string of the molecule is O=C1CCC(CNCc2cc(F)ccc2Cl)N1. The van der Waals surface area contributed by atoms with Gasteiger partial charge in [0, 0.05) is 30.6 Å². The zero-order chi connectivity index (χ0) is 12.3. The summed E-state index contributed by atoms with van der Waals surface area (Å²) in [4.78, 5) is 11.0. The van der Waals surface area contributed by atoms with Gasteiger partial charge in [0.15, 0.2) is 0 Å². The molecule has 1 saturated heterocycles. The van der Waals surface area contributed by atoms with Crippen LogP contribution in [0.25, 0.3) is 0 Å². The lowest BCUT2D eigenvalue weighted by atomic mass is 10.2. The lowest BCUT2D eigenvalue weighted by Crippen LogP contribution is -2.35. The van der Waals surface area contributed by atoms with Gasteiger partial charge in [0.05, 0.1) is 0 Å². The Hall–Kier alpha value is -1.13. The fourth-order valence-electron chi connectivity index (χ4n) is 1.89. The molecule has 1 heterocycles. The number of carbonyl (C=O) groups excluding carboxylic acids is 1. The van der Waals surface area contributed by atoms with Crippen LogP contribution in [0.4, 0.5) is 4.39 Å². The number of benzene rings is 1. The summed E-state index contributed by atoms with van der Waals surface area (Å²) in [7, 11) is 0. The van der Waals surface area contributed by atoms with Crippen LogP contribution in [0.15, 0.2) is 18.2 Å². The first-order chi connectivity index (χ1) is 8.15. The van der Waals surface area contributed by atoms with Crippen molar-refractivity contribution in [1.29, 1.82) is 0 Å². The average Bonchev–Trinajstić information content (AvgIpc) is 2.69. The molecule has 5 heteroatoms. The van der Waals surface area contributed by atoms with Gasteiger partial charge in [0.1, 0.15) is 5.82 Å². The molecule has 1 fully saturated rings. The molecule has 92 valence electrons. The van der Waals surface area contributed by atoms with E-state index >= 15 is 0 Å². The number of carbonyl (C=O) groups is 1. The van der Waals surface area contributed by atoms with Crippen molar-refractivity contribution in [2.24, 2.45) is 0 Å². The fourth-order valence-corrected chi connectivity index (χ4v) is 2.07. The molecule has 1 amide bonds. The van der Waals surface area contributed by atoms with Crippen LogP contribution in [0.1, 0.15) is 18.4 Å². The van der Waals surface area contributed by atoms with Crippen molar-refractivity contribution in [3.8, 4) is 0 Å². The zero-order valence-corrected chi connectivity index (χ0v) is 10.1. The average molecular weight is 257 g/mol. The summed E-state index contributed by atoms with van der Waals surface area (Å²) in [6.07, 6.45) is 1.44. The minimum Gasteiger partial charge on any atom is -0.352 e. The highest BCUT2D eigenvalue weighted by molar-refractivity contribution is 6.31. The number of halogens is 2. The third-order valence-electron chi connectivity index (χ3n) is 2.80. The Bertz CT molecular complexity index is 425. The highest BCUT2D eigenvalue weighted by atomic mass is 35.5. The van der Waals surface area contributed by atoms with E-state index in [2.05, 4.69) is 10.6 Å². The van der Waals surface area contributed by atoms with Gasteiger partial charge >= 0.3 is 0 Å². The fraction of sp³-hybridized carbons (Fsp3) is 0.417. The van der Waals surface area contributed by atoms with Gasteiger partial charge in [-0.3, -0.25) is 4.79 Å². The predicted molar refractivity (Wildman–Crippen MR) is 64.3 cm³/mol. The number of rotatable bonds is 4. The van der Waals surface area contributed by atoms with Crippen LogP contribution in [-0.4, -0.2) is 18.5 Å². The van der Waals surface area contributed by atoms with Crippen LogP contribution in [-0.2, 0) is 11.3 Å². The minimum atomic E-state index is -0.291. The second kappa shape index (κ2) is 5.47. The number of hydrogen-bond acceptors (Lipinski definition) is 2. The minimum absolute atomic E-state index is 0.0978. The maximum atomic E-state index is 13.0. The second-order valence-electron chi connectivity index (χ2n) is 4.17. The van der Waals surface area contributed by atoms with Gasteiger partial charge in [-0.25, -0.2) is 4.39 Å². The lowest BCUT2D eigenvalue weighted by molar-refractivity contribution is -0.119. The Kier molecular flexibility index (Phi) is 3.97. The zero-order valence-electron chi connectivity index (χ0n) is 9.30. The van der Waals surface area contributed by atoms with E-state index in [4.69, 9.17) is 11.6 Å². The van der Waals surface area contributed by atoms with Crippen LogP contribution in [0.5, 0.6) is 0 Å². The van der Waals surface area contributed by atoms with Crippen molar-refractivity contribution >= 4 is 17.5 Å². The van der Waals surface area contributed by atoms with E-state index in [1.807, 2.05) is 0 Å². The molecule has 1 atom stereocenters. The first-order valence-electron chi connectivity index (χ1n) is 5.59. The molecular weight excluding hydrogens is 243 g/mol. The monoisotopic (exact) mass is 256 g/mol. The number of hydrogen-bond donors (Lipinski definition) is 2. The summed E-state index contributed by atoms with van der Waals surface area (Å²) < 4.78 is 13.0. The van der Waals surface area contributed by atoms with Gasteiger partial charge in [-0.2, -0.15) is 0 Å². The van der Waals surface area contributed by atoms with Crippen molar-refractivity contribution in [1.82, 2.24) is 10.6 Å². The highest BCUT2D eigenvalue weighted by Crippen LogP contribution is 2.16. The molecule has 1 aromatic carbocycles. The largest absolute Gasteiger partial charge is 0.352 e. The lowest BCUT2D eigenvalue weighted by Gasteiger charge is -2.12. The molecule has 2 rings (SSSR count). The van der Waals surface area contributed by atoms with Crippen molar-refractivity contribution < 1.29 is 9.18 Å². The van der Waals surface area contributed by atoms with E-state index in [9.17, 15) is 9.18 Å². The first kappa shape index (κ1) is 12.3. The summed E-state index contributed by atoms with van der Waals surface area (Å²) in [5, 5.41) is 6.57. The molecule has 0 aromatic heterocycles. The molecule has 0 spiro atoms. The molecule has 0 bridgehead atoms. The van der Waals surface area contributed by atoms with Crippen molar-refractivity contribution in [2.75, 3.05) is 6.54 Å². The van der Waals surface area contributed by atoms with Gasteiger partial charge in [-0.1, -0.05) is 11.6 Å². The van der Waals surface area contributed by atoms with Gasteiger partial charge in [0.25, 0.3) is 0 Å². The Balaban J connectivity index is 1.81. The van der Waals surface area contributed by atoms with E-state index < -0.39 is 0 Å². The van der Waals surface area contributed by atoms with E-state index in [-0.39, 0.29) is 17.8 Å². The normalized spacial score (nSPS) is 19.4. The van der Waals surface area contributed by atoms with Crippen molar-refractivity contribution in [2.45, 2.75) is 25.4 Å². The van der Waals surface area contributed by atoms with Crippen LogP contribution >= 0.6 is 11.6 Å². The smallest absolute Gasteiger partial charge is 0.220 e. The molecule has 0 saturated carbocycles. The molecule has 0 aliphatic carbocycles. The summed E-state index contributed by atoms with van der Waals surface area (Å²) in [6.45, 7) is 1.18. The number of nitrogens with one attached hydrogen (secondary N) is 2. The number of amides is 1. The molecule has 2 N–H and O–H groups in total. The standard InChI is InChI=1S/C12H14ClFN2O/c13-11-3-1-9(14)5-8(11)6-15-7-10-2-4-12(17)16-10/h1,3,5,10,15H,2,4,6-7H2,(H,16,17). The summed E-state index contributed by atoms with van der Waals surface area (Å²) >= 11 is 5.94. The maximum absolute atomic E-state index is 13.0. The molecule has 0 radical (unpaired) electrons. The third-order valence-corrected chi connectivity index (χ3v) is 3.17. The maximum Gasteiger partial charge on any atom is 0.220 e. The van der Waals surface area contributed by atoms with E-state index in [0.29, 0.717) is 24.5 Å². The Morgan fingerprint density at radius 1 is 1.53 bits per heavy atom. The van der Waals surface area contributed by atoms with Crippen molar-refractivity contribution in [3.05, 3.63) is 34.6 Å². The Morgan fingerprint density at radius 3 is 3.06 bits per heavy atom. The van der Waals surface area contributed by atoms with Gasteiger partial charge in [-0.05, 0) is 30.2 Å². The van der Waals surface area contributed by atoms with Gasteiger partial charge in [0.2, 0.25) is 5.91 Å². The highest BCUT2D eigenvalue weighted by Gasteiger charge is 2.19. The van der Waals surface area contributed by atoms with Crippen molar-refractivity contribution in [3.63, 3.8) is 0 Å². The topological polar surface area (TPSA) is 41.1 Å². The Labute approximate surface area is 104 Å². The van der Waals surface area contributed by atoms with Gasteiger partial charge < -0.3 is 10.6 Å². The third kappa shape index (κ3) is 3.41. The predicted octanol–water partition coefficient (Wildman–Crippen LogP) is 1.85. The summed E-state index contributed by atoms with van der Waals surface area (Å²) in [5.74, 6) is -0.194. The van der Waals surface area contributed by atoms with Gasteiger partial charge in [-0.15, -0.1) is 0 Å². The molecule has 1 aliphatic rings. The molecule has 1 aliphatic heterocycles. The molecule has 1 aromatic rings. The molecular formula is C12H14ClFN2O. The summed E-state index contributed by atoms with van der Waals surface area (Å²) in [5.41, 5.74) is 0.732. The van der Waals surface area contributed by atoms with E-state index in [1.54, 1.807) is 6.07 Å².